The van der Waals surface area contributed by atoms with Gasteiger partial charge in [-0.2, -0.15) is 0 Å². The largest absolute Gasteiger partial charge is 0.497 e. The van der Waals surface area contributed by atoms with Crippen molar-refractivity contribution in [1.29, 1.82) is 0 Å². The van der Waals surface area contributed by atoms with Gasteiger partial charge in [-0.3, -0.25) is 9.69 Å². The summed E-state index contributed by atoms with van der Waals surface area (Å²) in [6.45, 7) is 6.81. The van der Waals surface area contributed by atoms with Gasteiger partial charge in [0.25, 0.3) is 5.91 Å². The summed E-state index contributed by atoms with van der Waals surface area (Å²) in [6.07, 6.45) is 3.93. The molecule has 4 atom stereocenters. The molecule has 1 aromatic carbocycles. The Morgan fingerprint density at radius 1 is 1.41 bits per heavy atom. The molecule has 0 radical (unpaired) electrons. The Labute approximate surface area is 162 Å². The summed E-state index contributed by atoms with van der Waals surface area (Å²) in [5, 5.41) is 4.32. The summed E-state index contributed by atoms with van der Waals surface area (Å²) < 4.78 is 5.87. The van der Waals surface area contributed by atoms with Gasteiger partial charge in [0.1, 0.15) is 0 Å². The van der Waals surface area contributed by atoms with Crippen molar-refractivity contribution < 1.29 is 12.4 Å². The van der Waals surface area contributed by atoms with Crippen LogP contribution in [0.4, 0.5) is 0 Å². The van der Waals surface area contributed by atoms with E-state index in [4.69, 9.17) is 4.74 Å². The average molecular weight is 370 g/mol. The van der Waals surface area contributed by atoms with Crippen LogP contribution in [-0.2, 0) is 16.0 Å². The lowest BCUT2D eigenvalue weighted by molar-refractivity contribution is -0.120. The third kappa shape index (κ3) is 2.59. The number of nitrogens with one attached hydrogen (secondary N) is 2. The number of nitrogens with zero attached hydrogens (tertiary/aromatic N) is 1. The van der Waals surface area contributed by atoms with Gasteiger partial charge in [-0.25, -0.2) is 0 Å². The predicted molar refractivity (Wildman–Crippen MR) is 109 cm³/mol. The zero-order valence-electron chi connectivity index (χ0n) is 16.0. The fraction of sp³-hybridized carbons (Fsp3) is 0.500. The normalized spacial score (nSPS) is 29.9. The molecule has 0 spiro atoms. The quantitative estimate of drug-likeness (QED) is 0.850. The van der Waals surface area contributed by atoms with Crippen LogP contribution in [0.25, 0.3) is 10.9 Å². The number of ether oxygens (including phenoxy) is 1. The number of benzene rings is 1. The van der Waals surface area contributed by atoms with E-state index in [0.717, 1.165) is 31.5 Å². The molecule has 1 aromatic heterocycles. The molecule has 0 bridgehead atoms. The summed E-state index contributed by atoms with van der Waals surface area (Å²) in [5.74, 6) is 0.647. The number of likely N-dealkylation sites (N-methyl/N-ethyl adjacent to an activating group) is 1. The van der Waals surface area contributed by atoms with Crippen molar-refractivity contribution in [2.75, 3.05) is 19.6 Å². The minimum Gasteiger partial charge on any atom is -0.497 e. The van der Waals surface area contributed by atoms with Crippen molar-refractivity contribution in [3.05, 3.63) is 47.4 Å². The summed E-state index contributed by atoms with van der Waals surface area (Å²) in [5.41, 5.74) is 4.87. The van der Waals surface area contributed by atoms with E-state index < -0.39 is 0 Å². The lowest BCUT2D eigenvalue weighted by Gasteiger charge is -2.49. The van der Waals surface area contributed by atoms with E-state index in [2.05, 4.69) is 46.4 Å². The van der Waals surface area contributed by atoms with E-state index in [1.807, 2.05) is 6.92 Å². The fourth-order valence-corrected chi connectivity index (χ4v) is 5.35. The number of H-pyrrole nitrogens is 1. The van der Waals surface area contributed by atoms with Crippen LogP contribution in [0.2, 0.25) is 0 Å². The van der Waals surface area contributed by atoms with Crippen LogP contribution < -0.4 is 5.32 Å². The Bertz CT molecular complexity index is 926. The van der Waals surface area contributed by atoms with E-state index in [-0.39, 0.29) is 20.8 Å². The molecule has 2 aromatic rings. The Kier molecular flexibility index (Phi) is 4.01. The topological polar surface area (TPSA) is 57.4 Å². The number of hydrogen-bond donors (Lipinski definition) is 2. The van der Waals surface area contributed by atoms with Crippen molar-refractivity contribution in [2.45, 2.75) is 38.8 Å². The molecule has 0 saturated carbocycles. The number of aromatic amines is 1. The molecule has 5 rings (SSSR count). The maximum Gasteiger partial charge on any atom is 0.250 e. The molecule has 0 aliphatic carbocycles. The van der Waals surface area contributed by atoms with Crippen LogP contribution in [0.1, 0.15) is 40.4 Å². The highest BCUT2D eigenvalue weighted by atomic mass is 16.5. The summed E-state index contributed by atoms with van der Waals surface area (Å²) in [6, 6.07) is 8.96. The highest BCUT2D eigenvalue weighted by Gasteiger charge is 2.46. The second-order valence-electron chi connectivity index (χ2n) is 8.10. The van der Waals surface area contributed by atoms with Crippen molar-refractivity contribution >= 4 is 16.8 Å². The Hall–Kier alpha value is -2.27. The zero-order valence-corrected chi connectivity index (χ0v) is 16.0. The third-order valence-electron chi connectivity index (χ3n) is 6.72. The van der Waals surface area contributed by atoms with E-state index in [0.29, 0.717) is 18.5 Å². The zero-order chi connectivity index (χ0) is 18.5. The Morgan fingerprint density at radius 3 is 3.11 bits per heavy atom. The van der Waals surface area contributed by atoms with Crippen molar-refractivity contribution in [3.63, 3.8) is 0 Å². The van der Waals surface area contributed by atoms with Gasteiger partial charge in [-0.1, -0.05) is 18.2 Å². The molecule has 146 valence electrons. The molecule has 3 aliphatic heterocycles. The summed E-state index contributed by atoms with van der Waals surface area (Å²) in [4.78, 5) is 18.9. The van der Waals surface area contributed by atoms with Crippen LogP contribution >= 0.6 is 0 Å². The highest BCUT2D eigenvalue weighted by molar-refractivity contribution is 5.94. The van der Waals surface area contributed by atoms with Gasteiger partial charge in [0, 0.05) is 50.9 Å². The highest BCUT2D eigenvalue weighted by Crippen LogP contribution is 2.47. The van der Waals surface area contributed by atoms with Crippen LogP contribution in [0, 0.1) is 11.8 Å². The molecule has 5 nitrogen and oxygen atoms in total. The molecule has 1 saturated heterocycles. The molecule has 3 aliphatic rings. The number of carbonyl (C=O) groups is 1. The van der Waals surface area contributed by atoms with Crippen molar-refractivity contribution in [3.8, 4) is 0 Å². The lowest BCUT2D eigenvalue weighted by Crippen LogP contribution is -2.52. The number of amides is 1. The summed E-state index contributed by atoms with van der Waals surface area (Å²) in [7, 11) is 0. The molecule has 5 heteroatoms. The minimum absolute atomic E-state index is 0. The molecule has 2 unspecified atom stereocenters. The smallest absolute Gasteiger partial charge is 0.250 e. The number of carbonyl (C=O) groups excluding carboxylic acids is 1. The van der Waals surface area contributed by atoms with Crippen molar-refractivity contribution in [1.82, 2.24) is 15.2 Å². The van der Waals surface area contributed by atoms with E-state index in [9.17, 15) is 4.79 Å². The maximum absolute atomic E-state index is 12.6. The summed E-state index contributed by atoms with van der Waals surface area (Å²) >= 11 is 0. The first kappa shape index (κ1) is 16.9. The van der Waals surface area contributed by atoms with Gasteiger partial charge >= 0.3 is 0 Å². The van der Waals surface area contributed by atoms with E-state index in [1.54, 1.807) is 6.26 Å². The molecule has 4 heterocycles. The Morgan fingerprint density at radius 2 is 2.26 bits per heavy atom. The molecule has 1 amide bonds. The molecule has 2 N–H and O–H groups in total. The number of para-hydroxylation sites is 1. The first-order valence-corrected chi connectivity index (χ1v) is 10.1. The lowest BCUT2D eigenvalue weighted by atomic mass is 9.72. The van der Waals surface area contributed by atoms with Gasteiger partial charge < -0.3 is 15.0 Å². The maximum atomic E-state index is 12.6. The average Bonchev–Trinajstić information content (AvgIpc) is 3.06. The predicted octanol–water partition coefficient (Wildman–Crippen LogP) is 3.63. The molecule has 1 fully saturated rings. The van der Waals surface area contributed by atoms with Gasteiger partial charge in [0.05, 0.1) is 24.0 Å². The van der Waals surface area contributed by atoms with Crippen LogP contribution in [0.5, 0.6) is 0 Å². The van der Waals surface area contributed by atoms with Gasteiger partial charge in [0.15, 0.2) is 0 Å². The number of rotatable bonds is 2. The SMILES string of the molecule is CCNC(=O)C1=CO[C@@H](C)[C@H]2CN3CCc4c([nH]c5ccccc45)C3CC12.[HH].[HH]. The van der Waals surface area contributed by atoms with E-state index >= 15 is 0 Å². The van der Waals surface area contributed by atoms with Crippen molar-refractivity contribution in [2.24, 2.45) is 11.8 Å². The van der Waals surface area contributed by atoms with Gasteiger partial charge in [-0.15, -0.1) is 0 Å². The molecule has 27 heavy (non-hydrogen) atoms. The van der Waals surface area contributed by atoms with Gasteiger partial charge in [0.2, 0.25) is 0 Å². The third-order valence-corrected chi connectivity index (χ3v) is 6.72. The molecular formula is C22H31N3O2. The first-order valence-electron chi connectivity index (χ1n) is 10.1. The number of hydrogen-bond acceptors (Lipinski definition) is 3. The number of piperidine rings is 1. The minimum atomic E-state index is 0. The van der Waals surface area contributed by atoms with Crippen LogP contribution in [0.3, 0.4) is 0 Å². The fourth-order valence-electron chi connectivity index (χ4n) is 5.35. The Balaban J connectivity index is 0.00000120. The van der Waals surface area contributed by atoms with Gasteiger partial charge in [-0.05, 0) is 38.3 Å². The monoisotopic (exact) mass is 369 g/mol. The standard InChI is InChI=1S/C22H27N3O2.2H2/c1-3-23-22(26)18-12-27-13(2)17-11-25-9-8-15-14-6-4-5-7-19(14)24-21(15)20(25)10-16(17)18;;/h4-7,12-13,16-17,20,24H,3,8-11H2,1-2H3,(H,23,26);2*1H/t13-,16?,17+,20?;;/m0../s1. The van der Waals surface area contributed by atoms with Crippen LogP contribution in [0.15, 0.2) is 36.1 Å². The molecular weight excluding hydrogens is 338 g/mol. The van der Waals surface area contributed by atoms with Crippen LogP contribution in [-0.4, -0.2) is 41.5 Å². The second kappa shape index (κ2) is 6.41. The first-order chi connectivity index (χ1) is 13.2. The number of fused-ring (bicyclic) bond motifs is 6. The van der Waals surface area contributed by atoms with E-state index in [1.165, 1.54) is 22.2 Å². The number of aromatic nitrogens is 1. The second-order valence-corrected chi connectivity index (χ2v) is 8.10.